The molecule has 0 aliphatic rings. The van der Waals surface area contributed by atoms with Gasteiger partial charge in [0.1, 0.15) is 0 Å². The second kappa shape index (κ2) is 6.14. The van der Waals surface area contributed by atoms with Gasteiger partial charge in [-0.1, -0.05) is 56.1 Å². The van der Waals surface area contributed by atoms with Gasteiger partial charge in [-0.25, -0.2) is 8.78 Å². The van der Waals surface area contributed by atoms with Crippen molar-refractivity contribution >= 4 is 31.9 Å². The number of benzene rings is 2. The van der Waals surface area contributed by atoms with Crippen LogP contribution in [-0.4, -0.2) is 0 Å². The van der Waals surface area contributed by atoms with Crippen molar-refractivity contribution in [3.05, 3.63) is 69.2 Å². The molecule has 100 valence electrons. The summed E-state index contributed by atoms with van der Waals surface area (Å²) in [4.78, 5) is -0.0544. The van der Waals surface area contributed by atoms with Crippen molar-refractivity contribution in [3.63, 3.8) is 0 Å². The minimum atomic E-state index is -0.803. The predicted octanol–water partition coefficient (Wildman–Crippen LogP) is 5.71. The maximum absolute atomic E-state index is 13.7. The number of halogens is 4. The molecule has 0 spiro atoms. The zero-order valence-electron chi connectivity index (χ0n) is 10.3. The Labute approximate surface area is 128 Å². The van der Waals surface area contributed by atoms with Crippen molar-refractivity contribution < 1.29 is 8.78 Å². The highest BCUT2D eigenvalue weighted by Gasteiger charge is 2.16. The number of hydrogen-bond donors (Lipinski definition) is 0. The monoisotopic (exact) mass is 388 g/mol. The van der Waals surface area contributed by atoms with Crippen LogP contribution >= 0.6 is 31.9 Å². The lowest BCUT2D eigenvalue weighted by molar-refractivity contribution is 0.498. The van der Waals surface area contributed by atoms with E-state index < -0.39 is 11.6 Å². The lowest BCUT2D eigenvalue weighted by Crippen LogP contribution is -2.01. The van der Waals surface area contributed by atoms with Gasteiger partial charge in [0.15, 0.2) is 11.6 Å². The summed E-state index contributed by atoms with van der Waals surface area (Å²) in [6.45, 7) is 2.00. The summed E-state index contributed by atoms with van der Waals surface area (Å²) >= 11 is 7.03. The van der Waals surface area contributed by atoms with E-state index in [9.17, 15) is 8.78 Å². The second-order valence-corrected chi connectivity index (χ2v) is 6.30. The molecule has 0 bridgehead atoms. The van der Waals surface area contributed by atoms with Crippen LogP contribution in [0, 0.1) is 18.6 Å². The Bertz CT molecular complexity index is 597. The Kier molecular flexibility index (Phi) is 4.74. The van der Waals surface area contributed by atoms with Crippen molar-refractivity contribution in [2.75, 3.05) is 0 Å². The smallest absolute Gasteiger partial charge is 0.162 e. The molecule has 1 atom stereocenters. The van der Waals surface area contributed by atoms with E-state index in [0.29, 0.717) is 12.0 Å². The lowest BCUT2D eigenvalue weighted by Gasteiger charge is -2.15. The molecule has 0 fully saturated rings. The number of rotatable bonds is 3. The average Bonchev–Trinajstić information content (AvgIpc) is 2.38. The fourth-order valence-electron chi connectivity index (χ4n) is 1.97. The first-order valence-electron chi connectivity index (χ1n) is 5.82. The molecule has 2 aromatic rings. The van der Waals surface area contributed by atoms with Crippen LogP contribution in [0.15, 0.2) is 40.9 Å². The van der Waals surface area contributed by atoms with Crippen LogP contribution in [0.3, 0.4) is 0 Å². The quantitative estimate of drug-likeness (QED) is 0.589. The zero-order valence-corrected chi connectivity index (χ0v) is 13.4. The molecule has 0 saturated carbocycles. The molecule has 2 aromatic carbocycles. The van der Waals surface area contributed by atoms with Crippen molar-refractivity contribution in [2.24, 2.45) is 0 Å². The SMILES string of the molecule is Cc1c(Br)cccc1C(Br)Cc1cccc(F)c1F. The maximum atomic E-state index is 13.7. The fraction of sp³-hybridized carbons (Fsp3) is 0.200. The highest BCUT2D eigenvalue weighted by atomic mass is 79.9. The summed E-state index contributed by atoms with van der Waals surface area (Å²) < 4.78 is 27.8. The third-order valence-corrected chi connectivity index (χ3v) is 4.75. The molecule has 1 unspecified atom stereocenters. The standard InChI is InChI=1S/C15H12Br2F2/c1-9-11(5-3-6-12(9)16)13(17)8-10-4-2-7-14(18)15(10)19/h2-7,13H,8H2,1H3. The largest absolute Gasteiger partial charge is 0.204 e. The average molecular weight is 390 g/mol. The number of hydrogen-bond acceptors (Lipinski definition) is 0. The van der Waals surface area contributed by atoms with Gasteiger partial charge in [-0.3, -0.25) is 0 Å². The molecule has 4 heteroatoms. The first-order chi connectivity index (χ1) is 9.00. The van der Waals surface area contributed by atoms with E-state index >= 15 is 0 Å². The van der Waals surface area contributed by atoms with E-state index in [1.807, 2.05) is 25.1 Å². The van der Waals surface area contributed by atoms with Crippen LogP contribution in [-0.2, 0) is 6.42 Å². The van der Waals surface area contributed by atoms with Gasteiger partial charge < -0.3 is 0 Å². The minimum absolute atomic E-state index is 0.0544. The van der Waals surface area contributed by atoms with Crippen molar-refractivity contribution in [1.29, 1.82) is 0 Å². The first-order valence-corrected chi connectivity index (χ1v) is 7.53. The summed E-state index contributed by atoms with van der Waals surface area (Å²) in [6, 6.07) is 10.1. The van der Waals surface area contributed by atoms with Gasteiger partial charge in [0, 0.05) is 9.30 Å². The van der Waals surface area contributed by atoms with Gasteiger partial charge in [-0.05, 0) is 42.2 Å². The van der Waals surface area contributed by atoms with Gasteiger partial charge in [-0.2, -0.15) is 0 Å². The molecule has 19 heavy (non-hydrogen) atoms. The van der Waals surface area contributed by atoms with Gasteiger partial charge in [-0.15, -0.1) is 0 Å². The third kappa shape index (κ3) is 3.23. The summed E-state index contributed by atoms with van der Waals surface area (Å²) in [6.07, 6.45) is 0.404. The zero-order chi connectivity index (χ0) is 14.0. The molecule has 0 saturated heterocycles. The molecule has 2 rings (SSSR count). The van der Waals surface area contributed by atoms with E-state index in [4.69, 9.17) is 0 Å². The summed E-state index contributed by atoms with van der Waals surface area (Å²) in [5, 5.41) is 0. The summed E-state index contributed by atoms with van der Waals surface area (Å²) in [7, 11) is 0. The Morgan fingerprint density at radius 3 is 2.53 bits per heavy atom. The van der Waals surface area contributed by atoms with E-state index in [1.165, 1.54) is 6.07 Å². The van der Waals surface area contributed by atoms with Crippen molar-refractivity contribution in [2.45, 2.75) is 18.2 Å². The Hall–Kier alpha value is -0.740. The Morgan fingerprint density at radius 2 is 1.79 bits per heavy atom. The third-order valence-electron chi connectivity index (χ3n) is 3.08. The molecule has 0 radical (unpaired) electrons. The molecule has 0 aromatic heterocycles. The summed E-state index contributed by atoms with van der Waals surface area (Å²) in [5.74, 6) is -1.57. The Morgan fingerprint density at radius 1 is 1.11 bits per heavy atom. The Balaban J connectivity index is 2.28. The first kappa shape index (κ1) is 14.7. The molecule has 0 heterocycles. The van der Waals surface area contributed by atoms with Crippen LogP contribution < -0.4 is 0 Å². The van der Waals surface area contributed by atoms with E-state index in [1.54, 1.807) is 6.07 Å². The van der Waals surface area contributed by atoms with Crippen LogP contribution in [0.25, 0.3) is 0 Å². The normalized spacial score (nSPS) is 12.5. The van der Waals surface area contributed by atoms with E-state index in [2.05, 4.69) is 31.9 Å². The van der Waals surface area contributed by atoms with E-state index in [0.717, 1.165) is 21.7 Å². The molecular formula is C15H12Br2F2. The molecule has 0 aliphatic heterocycles. The number of alkyl halides is 1. The molecule has 0 amide bonds. The minimum Gasteiger partial charge on any atom is -0.204 e. The van der Waals surface area contributed by atoms with Crippen LogP contribution in [0.1, 0.15) is 21.5 Å². The van der Waals surface area contributed by atoms with Crippen molar-refractivity contribution in [1.82, 2.24) is 0 Å². The van der Waals surface area contributed by atoms with Crippen LogP contribution in [0.5, 0.6) is 0 Å². The molecule has 0 aliphatic carbocycles. The topological polar surface area (TPSA) is 0 Å². The second-order valence-electron chi connectivity index (χ2n) is 4.34. The fourth-order valence-corrected chi connectivity index (χ4v) is 3.20. The predicted molar refractivity (Wildman–Crippen MR) is 80.6 cm³/mol. The highest BCUT2D eigenvalue weighted by Crippen LogP contribution is 2.33. The van der Waals surface area contributed by atoms with Gasteiger partial charge >= 0.3 is 0 Å². The van der Waals surface area contributed by atoms with Gasteiger partial charge in [0.05, 0.1) is 0 Å². The van der Waals surface area contributed by atoms with Gasteiger partial charge in [0.25, 0.3) is 0 Å². The van der Waals surface area contributed by atoms with Crippen LogP contribution in [0.4, 0.5) is 8.78 Å². The van der Waals surface area contributed by atoms with Gasteiger partial charge in [0.2, 0.25) is 0 Å². The highest BCUT2D eigenvalue weighted by molar-refractivity contribution is 9.10. The summed E-state index contributed by atoms with van der Waals surface area (Å²) in [5.41, 5.74) is 2.54. The maximum Gasteiger partial charge on any atom is 0.162 e. The molecule has 0 nitrogen and oxygen atoms in total. The van der Waals surface area contributed by atoms with Crippen molar-refractivity contribution in [3.8, 4) is 0 Å². The molecular weight excluding hydrogens is 378 g/mol. The van der Waals surface area contributed by atoms with Crippen LogP contribution in [0.2, 0.25) is 0 Å². The lowest BCUT2D eigenvalue weighted by atomic mass is 10.00. The molecule has 0 N–H and O–H groups in total. The van der Waals surface area contributed by atoms with E-state index in [-0.39, 0.29) is 4.83 Å².